The Bertz CT molecular complexity index is 3960. The molecule has 0 heteroatoms. The molecule has 9 aromatic carbocycles. The van der Waals surface area contributed by atoms with E-state index in [1.165, 1.54) is 0 Å². The number of rotatable bonds is 3. The van der Waals surface area contributed by atoms with Crippen LogP contribution in [0.5, 0.6) is 0 Å². The summed E-state index contributed by atoms with van der Waals surface area (Å²) in [4.78, 5) is 0. The molecule has 0 atom stereocenters. The van der Waals surface area contributed by atoms with Gasteiger partial charge in [-0.3, -0.25) is 0 Å². The minimum absolute atomic E-state index is 0.327. The van der Waals surface area contributed by atoms with Gasteiger partial charge in [-0.05, 0) is 99.4 Å². The summed E-state index contributed by atoms with van der Waals surface area (Å²) in [6, 6.07) is -22.5. The highest BCUT2D eigenvalue weighted by Crippen LogP contribution is 2.44. The maximum atomic E-state index is 9.51. The van der Waals surface area contributed by atoms with Crippen LogP contribution in [0.15, 0.2) is 169 Å². The van der Waals surface area contributed by atoms with Gasteiger partial charge in [0, 0.05) is 0 Å². The van der Waals surface area contributed by atoms with Gasteiger partial charge in [-0.2, -0.15) is 0 Å². The fourth-order valence-corrected chi connectivity index (χ4v) is 5.21. The fraction of sp³-hybridized carbons (Fsp3) is 0. The van der Waals surface area contributed by atoms with Gasteiger partial charge in [-0.1, -0.05) is 157 Å². The molecular weight excluding hydrogens is 528 g/mol. The largest absolute Gasteiger partial charge is 0.0636 e. The zero-order chi connectivity index (χ0) is 52.5. The van der Waals surface area contributed by atoms with E-state index in [9.17, 15) is 13.7 Å². The van der Waals surface area contributed by atoms with E-state index in [0.29, 0.717) is 0 Å². The van der Waals surface area contributed by atoms with Gasteiger partial charge in [0.05, 0.1) is 37.0 Å². The molecule has 0 saturated heterocycles. The predicted octanol–water partition coefficient (Wildman–Crippen LogP) is 12.5. The van der Waals surface area contributed by atoms with Crippen molar-refractivity contribution in [2.24, 2.45) is 0 Å². The third-order valence-corrected chi connectivity index (χ3v) is 7.16. The number of benzene rings is 9. The molecule has 0 aliphatic carbocycles. The van der Waals surface area contributed by atoms with E-state index in [0.717, 1.165) is 6.07 Å². The van der Waals surface area contributed by atoms with E-state index in [4.69, 9.17) is 23.3 Å². The first-order valence-electron chi connectivity index (χ1n) is 26.6. The molecule has 0 heterocycles. The van der Waals surface area contributed by atoms with Gasteiger partial charge in [0.1, 0.15) is 0 Å². The normalized spacial score (nSPS) is 20.2. The molecule has 0 saturated carbocycles. The first-order chi connectivity index (χ1) is 33.1. The monoisotopic (exact) mass is 583 g/mol. The Morgan fingerprint density at radius 2 is 0.705 bits per heavy atom. The molecule has 0 unspecified atom stereocenters. The summed E-state index contributed by atoms with van der Waals surface area (Å²) in [5.41, 5.74) is -4.16. The molecule has 44 heavy (non-hydrogen) atoms. The third kappa shape index (κ3) is 3.92. The minimum atomic E-state index is -1.03. The molecular formula is C44H28. The van der Waals surface area contributed by atoms with E-state index >= 15 is 0 Å². The van der Waals surface area contributed by atoms with Crippen molar-refractivity contribution >= 4 is 53.9 Å². The third-order valence-electron chi connectivity index (χ3n) is 7.16. The second-order valence-electron chi connectivity index (χ2n) is 9.60. The summed E-state index contributed by atoms with van der Waals surface area (Å²) in [7, 11) is 0. The Balaban J connectivity index is 1.50. The van der Waals surface area contributed by atoms with Crippen molar-refractivity contribution in [2.45, 2.75) is 0 Å². The lowest BCUT2D eigenvalue weighted by atomic mass is 9.85. The van der Waals surface area contributed by atoms with Gasteiger partial charge in [0.2, 0.25) is 0 Å². The van der Waals surface area contributed by atoms with E-state index in [1.54, 1.807) is 0 Å². The first kappa shape index (κ1) is 9.91. The Labute approximate surface area is 294 Å². The molecule has 0 amide bonds. The van der Waals surface area contributed by atoms with Crippen LogP contribution in [-0.4, -0.2) is 0 Å². The lowest BCUT2D eigenvalue weighted by molar-refractivity contribution is 1.63. The minimum Gasteiger partial charge on any atom is -0.0616 e. The van der Waals surface area contributed by atoms with E-state index in [1.807, 2.05) is 0 Å². The Kier molecular flexibility index (Phi) is 2.24. The maximum absolute atomic E-state index is 9.51. The van der Waals surface area contributed by atoms with Crippen molar-refractivity contribution < 1.29 is 37.0 Å². The second-order valence-corrected chi connectivity index (χ2v) is 9.60. The molecule has 9 aromatic rings. The van der Waals surface area contributed by atoms with Gasteiger partial charge in [0.25, 0.3) is 0 Å². The summed E-state index contributed by atoms with van der Waals surface area (Å²) < 4.78 is 241. The molecule has 204 valence electrons. The van der Waals surface area contributed by atoms with Crippen LogP contribution in [0, 0.1) is 0 Å². The SMILES string of the molecule is [2H]c1c([2H])c(-c2c3c([2H])c([2H])c([2H])c([2H])c3c(-c3c([2H])c([2H])c4c([2H])c([2H])c([2H])c([2H])c4c3[2H])c3c([2H])c([2H])c([2H])c([2H])c23)c([2H])c([2H])c1-c1cc2c([2H])c([2H])c3c([2H])c([2H])c([2H])c([2H])c3c2c([2H])c1[2H]. The Morgan fingerprint density at radius 3 is 1.39 bits per heavy atom. The van der Waals surface area contributed by atoms with Crippen LogP contribution in [-0.2, 0) is 0 Å². The number of fused-ring (bicyclic) bond motifs is 6. The smallest absolute Gasteiger partial charge is 0.0616 e. The van der Waals surface area contributed by atoms with Crippen molar-refractivity contribution in [3.63, 3.8) is 0 Å². The molecule has 0 nitrogen and oxygen atoms in total. The first-order valence-corrected chi connectivity index (χ1v) is 13.1. The van der Waals surface area contributed by atoms with Crippen LogP contribution < -0.4 is 0 Å². The fourth-order valence-electron chi connectivity index (χ4n) is 5.21. The van der Waals surface area contributed by atoms with Gasteiger partial charge in [-0.15, -0.1) is 0 Å². The van der Waals surface area contributed by atoms with Crippen LogP contribution in [0.4, 0.5) is 0 Å². The molecule has 0 aliphatic heterocycles. The quantitative estimate of drug-likeness (QED) is 0.143. The van der Waals surface area contributed by atoms with E-state index < -0.39 is 234 Å². The standard InChI is InChI=1S/C44H28/c1-2-11-33-28-36(24-19-29(33)9-1)44-41-15-7-5-13-39(41)43(40-14-6-8-16-42(40)44)32-21-17-30(18-22-32)34-25-26-38-35(27-34)23-20-31-10-3-4-12-37(31)38/h1-28H/i1D,2D,3D,4D,5D,6D,7D,8D,9D,10D,11D,12D,13D,14D,15D,16D,17D,18D,19D,20D,21D,22D,23D,24D,25D,26D,28D. The zero-order valence-electron chi connectivity index (χ0n) is 49.1. The Morgan fingerprint density at radius 1 is 0.273 bits per heavy atom. The summed E-state index contributed by atoms with van der Waals surface area (Å²) >= 11 is 0. The van der Waals surface area contributed by atoms with Crippen LogP contribution in [0.25, 0.3) is 87.2 Å². The van der Waals surface area contributed by atoms with E-state index in [-0.39, 0.29) is 16.2 Å². The van der Waals surface area contributed by atoms with E-state index in [2.05, 4.69) is 0 Å². The van der Waals surface area contributed by atoms with Crippen LogP contribution in [0.1, 0.15) is 37.0 Å². The zero-order valence-corrected chi connectivity index (χ0v) is 22.1. The highest BCUT2D eigenvalue weighted by molar-refractivity contribution is 6.21. The highest BCUT2D eigenvalue weighted by atomic mass is 14.2. The molecule has 9 rings (SSSR count). The lowest BCUT2D eigenvalue weighted by Gasteiger charge is -2.18. The summed E-state index contributed by atoms with van der Waals surface area (Å²) in [5.74, 6) is 0. The van der Waals surface area contributed by atoms with Crippen molar-refractivity contribution in [1.82, 2.24) is 0 Å². The summed E-state index contributed by atoms with van der Waals surface area (Å²) in [6.45, 7) is 0. The van der Waals surface area contributed by atoms with Crippen molar-refractivity contribution in [3.05, 3.63) is 169 Å². The van der Waals surface area contributed by atoms with Crippen LogP contribution in [0.3, 0.4) is 0 Å². The molecule has 0 N–H and O–H groups in total. The van der Waals surface area contributed by atoms with Crippen molar-refractivity contribution in [1.29, 1.82) is 0 Å². The van der Waals surface area contributed by atoms with Crippen LogP contribution in [0.2, 0.25) is 0 Å². The number of hydrogen-bond acceptors (Lipinski definition) is 0. The van der Waals surface area contributed by atoms with Crippen LogP contribution >= 0.6 is 0 Å². The average Bonchev–Trinajstić information content (AvgIpc) is 3.33. The van der Waals surface area contributed by atoms with Crippen molar-refractivity contribution in [2.75, 3.05) is 0 Å². The highest BCUT2D eigenvalue weighted by Gasteiger charge is 2.17. The predicted molar refractivity (Wildman–Crippen MR) is 190 cm³/mol. The summed E-state index contributed by atoms with van der Waals surface area (Å²) in [5, 5.41) is -5.43. The maximum Gasteiger partial charge on any atom is 0.0636 e. The molecule has 0 fully saturated rings. The second kappa shape index (κ2) is 9.93. The molecule has 0 spiro atoms. The molecule has 0 bridgehead atoms. The average molecular weight is 584 g/mol. The molecule has 0 aliphatic rings. The van der Waals surface area contributed by atoms with Gasteiger partial charge < -0.3 is 0 Å². The molecule has 0 radical (unpaired) electrons. The Hall–Kier alpha value is -5.72. The number of hydrogen-bond donors (Lipinski definition) is 0. The topological polar surface area (TPSA) is 0 Å². The molecule has 0 aromatic heterocycles. The summed E-state index contributed by atoms with van der Waals surface area (Å²) in [6.07, 6.45) is 0. The van der Waals surface area contributed by atoms with Gasteiger partial charge >= 0.3 is 0 Å². The lowest BCUT2D eigenvalue weighted by Crippen LogP contribution is -1.91. The van der Waals surface area contributed by atoms with Gasteiger partial charge in [0.15, 0.2) is 0 Å². The van der Waals surface area contributed by atoms with Crippen molar-refractivity contribution in [3.8, 4) is 33.4 Å². The van der Waals surface area contributed by atoms with Gasteiger partial charge in [-0.25, -0.2) is 0 Å².